The van der Waals surface area contributed by atoms with Crippen molar-refractivity contribution in [3.05, 3.63) is 0 Å². The summed E-state index contributed by atoms with van der Waals surface area (Å²) in [6.45, 7) is 4.50. The number of nitrogens with two attached hydrogens (primary N) is 1. The van der Waals surface area contributed by atoms with Crippen molar-refractivity contribution < 1.29 is 17.9 Å². The highest BCUT2D eigenvalue weighted by molar-refractivity contribution is 7.88. The normalized spacial score (nSPS) is 31.3. The van der Waals surface area contributed by atoms with Gasteiger partial charge in [-0.05, 0) is 19.8 Å². The van der Waals surface area contributed by atoms with Crippen LogP contribution in [0.25, 0.3) is 0 Å². The predicted octanol–water partition coefficient (Wildman–Crippen LogP) is -1.01. The first-order valence-electron chi connectivity index (χ1n) is 6.85. The molecule has 0 bridgehead atoms. The van der Waals surface area contributed by atoms with Crippen molar-refractivity contribution in [3.63, 3.8) is 0 Å². The third kappa shape index (κ3) is 3.30. The summed E-state index contributed by atoms with van der Waals surface area (Å²) in [6, 6.07) is 0.288. The van der Waals surface area contributed by atoms with Gasteiger partial charge in [0.25, 0.3) is 5.91 Å². The molecule has 2 aliphatic rings. The molecule has 0 aromatic rings. The Morgan fingerprint density at radius 3 is 2.40 bits per heavy atom. The molecular formula is C12H23N3O4S. The topological polar surface area (TPSA) is 92.9 Å². The fourth-order valence-electron chi connectivity index (χ4n) is 2.90. The maximum Gasteiger partial charge on any atom is 0.250 e. The van der Waals surface area contributed by atoms with Gasteiger partial charge in [-0.3, -0.25) is 9.69 Å². The minimum Gasteiger partial charge on any atom is -0.367 e. The van der Waals surface area contributed by atoms with E-state index in [1.807, 2.05) is 0 Å². The van der Waals surface area contributed by atoms with Gasteiger partial charge in [0.15, 0.2) is 5.60 Å². The van der Waals surface area contributed by atoms with Crippen molar-refractivity contribution >= 4 is 15.9 Å². The summed E-state index contributed by atoms with van der Waals surface area (Å²) in [5.41, 5.74) is 4.46. The number of carbonyl (C=O) groups is 1. The molecule has 2 heterocycles. The molecule has 1 amide bonds. The van der Waals surface area contributed by atoms with E-state index in [-0.39, 0.29) is 6.04 Å². The maximum absolute atomic E-state index is 11.5. The van der Waals surface area contributed by atoms with Crippen molar-refractivity contribution in [2.24, 2.45) is 5.73 Å². The van der Waals surface area contributed by atoms with Crippen LogP contribution in [0, 0.1) is 0 Å². The van der Waals surface area contributed by atoms with Crippen LogP contribution in [0.4, 0.5) is 0 Å². The van der Waals surface area contributed by atoms with Gasteiger partial charge < -0.3 is 10.5 Å². The van der Waals surface area contributed by atoms with Crippen LogP contribution in [0.2, 0.25) is 0 Å². The van der Waals surface area contributed by atoms with Crippen LogP contribution in [-0.4, -0.2) is 74.2 Å². The minimum atomic E-state index is -3.10. The van der Waals surface area contributed by atoms with Crippen LogP contribution in [-0.2, 0) is 19.6 Å². The molecule has 2 N–H and O–H groups in total. The molecule has 2 aliphatic heterocycles. The van der Waals surface area contributed by atoms with E-state index in [2.05, 4.69) is 4.90 Å². The molecule has 2 saturated heterocycles. The standard InChI is InChI=1S/C12H23N3O4S/c1-12(11(13)16)9-14(7-8-19-12)10-3-5-15(6-4-10)20(2,17)18/h10H,3-9H2,1-2H3,(H2,13,16). The summed E-state index contributed by atoms with van der Waals surface area (Å²) in [6.07, 6.45) is 2.80. The molecule has 0 radical (unpaired) electrons. The van der Waals surface area contributed by atoms with Crippen molar-refractivity contribution in [1.82, 2.24) is 9.21 Å². The molecule has 8 heteroatoms. The molecule has 0 aliphatic carbocycles. The van der Waals surface area contributed by atoms with E-state index >= 15 is 0 Å². The molecule has 2 rings (SSSR count). The number of ether oxygens (including phenoxy) is 1. The zero-order chi connectivity index (χ0) is 15.0. The first kappa shape index (κ1) is 15.7. The molecule has 0 aromatic heterocycles. The summed E-state index contributed by atoms with van der Waals surface area (Å²) < 4.78 is 30.0. The largest absolute Gasteiger partial charge is 0.367 e. The average molecular weight is 305 g/mol. The van der Waals surface area contributed by atoms with Crippen LogP contribution in [0.1, 0.15) is 19.8 Å². The van der Waals surface area contributed by atoms with Crippen LogP contribution < -0.4 is 5.73 Å². The number of amides is 1. The zero-order valence-corrected chi connectivity index (χ0v) is 12.9. The number of sulfonamides is 1. The molecule has 2 fully saturated rings. The summed E-state index contributed by atoms with van der Waals surface area (Å²) in [5, 5.41) is 0. The summed E-state index contributed by atoms with van der Waals surface area (Å²) in [4.78, 5) is 13.7. The minimum absolute atomic E-state index is 0.288. The molecule has 116 valence electrons. The molecule has 7 nitrogen and oxygen atoms in total. The quantitative estimate of drug-likeness (QED) is 0.721. The van der Waals surface area contributed by atoms with Gasteiger partial charge in [-0.2, -0.15) is 0 Å². The number of hydrogen-bond donors (Lipinski definition) is 1. The van der Waals surface area contributed by atoms with Crippen molar-refractivity contribution in [1.29, 1.82) is 0 Å². The van der Waals surface area contributed by atoms with Gasteiger partial charge in [0.05, 0.1) is 12.9 Å². The number of nitrogens with zero attached hydrogens (tertiary/aromatic N) is 2. The van der Waals surface area contributed by atoms with E-state index in [4.69, 9.17) is 10.5 Å². The average Bonchev–Trinajstić information content (AvgIpc) is 2.38. The smallest absolute Gasteiger partial charge is 0.250 e. The lowest BCUT2D eigenvalue weighted by atomic mass is 9.98. The van der Waals surface area contributed by atoms with Crippen molar-refractivity contribution in [2.75, 3.05) is 39.0 Å². The Morgan fingerprint density at radius 2 is 1.90 bits per heavy atom. The number of morpholine rings is 1. The predicted molar refractivity (Wildman–Crippen MR) is 74.6 cm³/mol. The Balaban J connectivity index is 1.95. The third-order valence-electron chi connectivity index (χ3n) is 4.23. The highest BCUT2D eigenvalue weighted by Gasteiger charge is 2.40. The van der Waals surface area contributed by atoms with Gasteiger partial charge in [0.2, 0.25) is 10.0 Å². The summed E-state index contributed by atoms with van der Waals surface area (Å²) >= 11 is 0. The van der Waals surface area contributed by atoms with E-state index in [1.165, 1.54) is 10.6 Å². The van der Waals surface area contributed by atoms with Crippen LogP contribution in [0.3, 0.4) is 0 Å². The Labute approximate surface area is 120 Å². The van der Waals surface area contributed by atoms with Crippen LogP contribution >= 0.6 is 0 Å². The molecule has 0 spiro atoms. The Hall–Kier alpha value is -0.700. The molecule has 20 heavy (non-hydrogen) atoms. The van der Waals surface area contributed by atoms with Gasteiger partial charge in [0, 0.05) is 32.2 Å². The lowest BCUT2D eigenvalue weighted by Gasteiger charge is -2.44. The monoisotopic (exact) mass is 305 g/mol. The van der Waals surface area contributed by atoms with Crippen LogP contribution in [0.15, 0.2) is 0 Å². The van der Waals surface area contributed by atoms with Gasteiger partial charge in [-0.25, -0.2) is 12.7 Å². The van der Waals surface area contributed by atoms with E-state index in [9.17, 15) is 13.2 Å². The SMILES string of the molecule is CC1(C(N)=O)CN(C2CCN(S(C)(=O)=O)CC2)CCO1. The highest BCUT2D eigenvalue weighted by Crippen LogP contribution is 2.24. The van der Waals surface area contributed by atoms with Gasteiger partial charge >= 0.3 is 0 Å². The van der Waals surface area contributed by atoms with E-state index in [1.54, 1.807) is 6.92 Å². The maximum atomic E-state index is 11.5. The lowest BCUT2D eigenvalue weighted by Crippen LogP contribution is -2.60. The molecule has 0 saturated carbocycles. The Bertz CT molecular complexity index is 473. The first-order chi connectivity index (χ1) is 9.22. The number of carbonyl (C=O) groups excluding carboxylic acids is 1. The third-order valence-corrected chi connectivity index (χ3v) is 5.54. The summed E-state index contributed by atoms with van der Waals surface area (Å²) in [7, 11) is -3.10. The second-order valence-corrected chi connectivity index (χ2v) is 7.79. The number of primary amides is 1. The Morgan fingerprint density at radius 1 is 1.30 bits per heavy atom. The lowest BCUT2D eigenvalue weighted by molar-refractivity contribution is -0.156. The van der Waals surface area contributed by atoms with Gasteiger partial charge in [-0.15, -0.1) is 0 Å². The molecular weight excluding hydrogens is 282 g/mol. The van der Waals surface area contributed by atoms with Gasteiger partial charge in [0.1, 0.15) is 0 Å². The van der Waals surface area contributed by atoms with Crippen molar-refractivity contribution in [3.8, 4) is 0 Å². The number of rotatable bonds is 3. The molecule has 1 atom stereocenters. The van der Waals surface area contributed by atoms with E-state index in [0.717, 1.165) is 19.4 Å². The van der Waals surface area contributed by atoms with E-state index in [0.29, 0.717) is 26.2 Å². The number of hydrogen-bond acceptors (Lipinski definition) is 5. The van der Waals surface area contributed by atoms with Crippen LogP contribution in [0.5, 0.6) is 0 Å². The molecule has 0 aromatic carbocycles. The van der Waals surface area contributed by atoms with E-state index < -0.39 is 21.5 Å². The fraction of sp³-hybridized carbons (Fsp3) is 0.917. The van der Waals surface area contributed by atoms with Crippen molar-refractivity contribution in [2.45, 2.75) is 31.4 Å². The second-order valence-electron chi connectivity index (χ2n) is 5.81. The van der Waals surface area contributed by atoms with Gasteiger partial charge in [-0.1, -0.05) is 0 Å². The zero-order valence-electron chi connectivity index (χ0n) is 12.0. The first-order valence-corrected chi connectivity index (χ1v) is 8.70. The summed E-state index contributed by atoms with van der Waals surface area (Å²) in [5.74, 6) is -0.448. The fourth-order valence-corrected chi connectivity index (χ4v) is 3.77. The number of piperidine rings is 1. The molecule has 1 unspecified atom stereocenters. The Kier molecular flexibility index (Phi) is 4.38. The second kappa shape index (κ2) is 5.59. The highest BCUT2D eigenvalue weighted by atomic mass is 32.2.